The van der Waals surface area contributed by atoms with E-state index in [-0.39, 0.29) is 0 Å². The van der Waals surface area contributed by atoms with E-state index in [2.05, 4.69) is 48.8 Å². The molecule has 0 aliphatic rings. The van der Waals surface area contributed by atoms with Crippen LogP contribution in [0.25, 0.3) is 0 Å². The van der Waals surface area contributed by atoms with Crippen molar-refractivity contribution in [1.29, 1.82) is 0 Å². The van der Waals surface area contributed by atoms with Crippen molar-refractivity contribution >= 4 is 0 Å². The predicted molar refractivity (Wildman–Crippen MR) is 74.6 cm³/mol. The van der Waals surface area contributed by atoms with Crippen LogP contribution >= 0.6 is 0 Å². The monoisotopic (exact) mass is 243 g/mol. The van der Waals surface area contributed by atoms with Gasteiger partial charge in [-0.15, -0.1) is 0 Å². The Morgan fingerprint density at radius 3 is 2.50 bits per heavy atom. The van der Waals surface area contributed by atoms with Gasteiger partial charge in [0.2, 0.25) is 0 Å². The standard InChI is InChI=1S/C15H21N3/c1-10-5-6-11(2)14(7-10)9-18-13(4)15(8-16)12(3)17-18/h5-7H,8-9,16H2,1-4H3. The van der Waals surface area contributed by atoms with Crippen molar-refractivity contribution in [3.05, 3.63) is 51.8 Å². The molecule has 0 radical (unpaired) electrons. The molecule has 96 valence electrons. The lowest BCUT2D eigenvalue weighted by atomic mass is 10.1. The lowest BCUT2D eigenvalue weighted by Gasteiger charge is -2.09. The zero-order chi connectivity index (χ0) is 13.3. The first-order valence-electron chi connectivity index (χ1n) is 6.32. The Bertz CT molecular complexity index is 567. The summed E-state index contributed by atoms with van der Waals surface area (Å²) in [5.74, 6) is 0. The second-order valence-electron chi connectivity index (χ2n) is 4.94. The summed E-state index contributed by atoms with van der Waals surface area (Å²) < 4.78 is 2.05. The molecule has 3 nitrogen and oxygen atoms in total. The van der Waals surface area contributed by atoms with Crippen molar-refractivity contribution in [2.45, 2.75) is 40.8 Å². The van der Waals surface area contributed by atoms with Crippen LogP contribution in [0.1, 0.15) is 33.6 Å². The summed E-state index contributed by atoms with van der Waals surface area (Å²) >= 11 is 0. The van der Waals surface area contributed by atoms with Crippen LogP contribution in [-0.4, -0.2) is 9.78 Å². The Kier molecular flexibility index (Phi) is 3.53. The first-order valence-corrected chi connectivity index (χ1v) is 6.32. The van der Waals surface area contributed by atoms with E-state index < -0.39 is 0 Å². The number of hydrogen-bond acceptors (Lipinski definition) is 2. The van der Waals surface area contributed by atoms with Gasteiger partial charge in [-0.3, -0.25) is 4.68 Å². The molecule has 3 heteroatoms. The number of nitrogens with two attached hydrogens (primary N) is 1. The van der Waals surface area contributed by atoms with Gasteiger partial charge in [0.15, 0.2) is 0 Å². The van der Waals surface area contributed by atoms with Crippen molar-refractivity contribution in [3.8, 4) is 0 Å². The number of benzene rings is 1. The van der Waals surface area contributed by atoms with Crippen molar-refractivity contribution < 1.29 is 0 Å². The van der Waals surface area contributed by atoms with Crippen LogP contribution in [0.5, 0.6) is 0 Å². The Balaban J connectivity index is 2.37. The molecule has 0 bridgehead atoms. The maximum atomic E-state index is 5.76. The van der Waals surface area contributed by atoms with E-state index in [0.717, 1.165) is 12.2 Å². The number of hydrogen-bond donors (Lipinski definition) is 1. The molecule has 0 spiro atoms. The smallest absolute Gasteiger partial charge is 0.0665 e. The van der Waals surface area contributed by atoms with Gasteiger partial charge in [0, 0.05) is 17.8 Å². The quantitative estimate of drug-likeness (QED) is 0.900. The summed E-state index contributed by atoms with van der Waals surface area (Å²) in [5, 5.41) is 4.58. The molecular weight excluding hydrogens is 222 g/mol. The molecule has 0 aliphatic carbocycles. The van der Waals surface area contributed by atoms with Crippen LogP contribution < -0.4 is 5.73 Å². The summed E-state index contributed by atoms with van der Waals surface area (Å²) in [7, 11) is 0. The third-order valence-electron chi connectivity index (χ3n) is 3.56. The summed E-state index contributed by atoms with van der Waals surface area (Å²) in [4.78, 5) is 0. The molecule has 1 aromatic carbocycles. The molecule has 0 saturated carbocycles. The minimum Gasteiger partial charge on any atom is -0.326 e. The highest BCUT2D eigenvalue weighted by molar-refractivity contribution is 5.32. The van der Waals surface area contributed by atoms with Crippen LogP contribution in [-0.2, 0) is 13.1 Å². The van der Waals surface area contributed by atoms with Crippen LogP contribution in [0, 0.1) is 27.7 Å². The first-order chi connectivity index (χ1) is 8.52. The molecule has 18 heavy (non-hydrogen) atoms. The molecule has 0 amide bonds. The molecule has 1 aromatic heterocycles. The molecule has 0 saturated heterocycles. The average molecular weight is 243 g/mol. The lowest BCUT2D eigenvalue weighted by Crippen LogP contribution is -2.06. The van der Waals surface area contributed by atoms with E-state index in [9.17, 15) is 0 Å². The van der Waals surface area contributed by atoms with E-state index in [1.54, 1.807) is 0 Å². The van der Waals surface area contributed by atoms with Gasteiger partial charge < -0.3 is 5.73 Å². The summed E-state index contributed by atoms with van der Waals surface area (Å²) in [5.41, 5.74) is 13.1. The lowest BCUT2D eigenvalue weighted by molar-refractivity contribution is 0.655. The maximum absolute atomic E-state index is 5.76. The van der Waals surface area contributed by atoms with Crippen molar-refractivity contribution in [2.75, 3.05) is 0 Å². The van der Waals surface area contributed by atoms with Gasteiger partial charge in [0.25, 0.3) is 0 Å². The van der Waals surface area contributed by atoms with Crippen molar-refractivity contribution in [2.24, 2.45) is 5.73 Å². The third-order valence-corrected chi connectivity index (χ3v) is 3.56. The molecule has 2 N–H and O–H groups in total. The average Bonchev–Trinajstić information content (AvgIpc) is 2.59. The highest BCUT2D eigenvalue weighted by Gasteiger charge is 2.10. The van der Waals surface area contributed by atoms with Gasteiger partial charge in [0.1, 0.15) is 0 Å². The van der Waals surface area contributed by atoms with Gasteiger partial charge in [-0.2, -0.15) is 5.10 Å². The van der Waals surface area contributed by atoms with Crippen LogP contribution in [0.2, 0.25) is 0 Å². The minimum absolute atomic E-state index is 0.560. The summed E-state index contributed by atoms with van der Waals surface area (Å²) in [6, 6.07) is 6.54. The second-order valence-corrected chi connectivity index (χ2v) is 4.94. The Labute approximate surface area is 109 Å². The fourth-order valence-corrected chi connectivity index (χ4v) is 2.32. The Morgan fingerprint density at radius 2 is 1.89 bits per heavy atom. The molecule has 0 atom stereocenters. The zero-order valence-corrected chi connectivity index (χ0v) is 11.6. The van der Waals surface area contributed by atoms with E-state index in [1.807, 2.05) is 6.92 Å². The highest BCUT2D eigenvalue weighted by Crippen LogP contribution is 2.16. The SMILES string of the molecule is Cc1ccc(C)c(Cn2nc(C)c(CN)c2C)c1. The highest BCUT2D eigenvalue weighted by atomic mass is 15.3. The molecule has 2 rings (SSSR count). The first kappa shape index (κ1) is 12.8. The van der Waals surface area contributed by atoms with E-state index >= 15 is 0 Å². The van der Waals surface area contributed by atoms with E-state index in [1.165, 1.54) is 27.9 Å². The van der Waals surface area contributed by atoms with Gasteiger partial charge in [-0.1, -0.05) is 23.8 Å². The normalized spacial score (nSPS) is 10.9. The van der Waals surface area contributed by atoms with Gasteiger partial charge in [-0.25, -0.2) is 0 Å². The third kappa shape index (κ3) is 2.31. The number of aromatic nitrogens is 2. The van der Waals surface area contributed by atoms with Crippen LogP contribution in [0.15, 0.2) is 18.2 Å². The topological polar surface area (TPSA) is 43.8 Å². The van der Waals surface area contributed by atoms with E-state index in [0.29, 0.717) is 6.54 Å². The molecular formula is C15H21N3. The summed E-state index contributed by atoms with van der Waals surface area (Å²) in [6.07, 6.45) is 0. The van der Waals surface area contributed by atoms with Gasteiger partial charge in [0.05, 0.1) is 12.2 Å². The Morgan fingerprint density at radius 1 is 1.17 bits per heavy atom. The maximum Gasteiger partial charge on any atom is 0.0665 e. The predicted octanol–water partition coefficient (Wildman–Crippen LogP) is 2.62. The molecule has 0 fully saturated rings. The van der Waals surface area contributed by atoms with Gasteiger partial charge >= 0.3 is 0 Å². The number of nitrogens with zero attached hydrogens (tertiary/aromatic N) is 2. The largest absolute Gasteiger partial charge is 0.326 e. The second kappa shape index (κ2) is 4.94. The molecule has 1 heterocycles. The van der Waals surface area contributed by atoms with Crippen LogP contribution in [0.4, 0.5) is 0 Å². The van der Waals surface area contributed by atoms with Crippen molar-refractivity contribution in [3.63, 3.8) is 0 Å². The Hall–Kier alpha value is -1.61. The molecule has 0 unspecified atom stereocenters. The summed E-state index contributed by atoms with van der Waals surface area (Å²) in [6.45, 7) is 9.76. The van der Waals surface area contributed by atoms with E-state index in [4.69, 9.17) is 5.73 Å². The number of aryl methyl sites for hydroxylation is 3. The molecule has 2 aromatic rings. The zero-order valence-electron chi connectivity index (χ0n) is 11.6. The van der Waals surface area contributed by atoms with Crippen LogP contribution in [0.3, 0.4) is 0 Å². The van der Waals surface area contributed by atoms with Crippen molar-refractivity contribution in [1.82, 2.24) is 9.78 Å². The molecule has 0 aliphatic heterocycles. The number of rotatable bonds is 3. The fraction of sp³-hybridized carbons (Fsp3) is 0.400. The fourth-order valence-electron chi connectivity index (χ4n) is 2.32. The van der Waals surface area contributed by atoms with Gasteiger partial charge in [-0.05, 0) is 38.8 Å². The minimum atomic E-state index is 0.560.